The number of carbonyl (C=O) groups is 1. The van der Waals surface area contributed by atoms with Crippen LogP contribution in [-0.4, -0.2) is 55.7 Å². The van der Waals surface area contributed by atoms with Gasteiger partial charge in [0.15, 0.2) is 5.69 Å². The number of ether oxygens (including phenoxy) is 1. The first-order chi connectivity index (χ1) is 9.87. The van der Waals surface area contributed by atoms with E-state index >= 15 is 0 Å². The lowest BCUT2D eigenvalue weighted by Crippen LogP contribution is -2.70. The zero-order chi connectivity index (χ0) is 15.2. The molecule has 1 aliphatic heterocycles. The van der Waals surface area contributed by atoms with Gasteiger partial charge in [0.1, 0.15) is 5.69 Å². The molecule has 0 bridgehead atoms. The van der Waals surface area contributed by atoms with E-state index in [2.05, 4.69) is 25.0 Å². The molecule has 2 fully saturated rings. The molecular weight excluding hydrogens is 300 g/mol. The van der Waals surface area contributed by atoms with E-state index in [1.165, 1.54) is 0 Å². The third kappa shape index (κ3) is 2.65. The molecule has 1 aromatic rings. The average Bonchev–Trinajstić information content (AvgIpc) is 2.99. The summed E-state index contributed by atoms with van der Waals surface area (Å²) in [6.45, 7) is 2.17. The van der Waals surface area contributed by atoms with Gasteiger partial charge in [-0.25, -0.2) is 17.8 Å². The quantitative estimate of drug-likeness (QED) is 0.716. The summed E-state index contributed by atoms with van der Waals surface area (Å²) in [5, 5.41) is 9.89. The Morgan fingerprint density at radius 1 is 1.33 bits per heavy atom. The number of aryl methyl sites for hydroxylation is 1. The maximum atomic E-state index is 12.1. The molecule has 1 aromatic heterocycles. The van der Waals surface area contributed by atoms with Gasteiger partial charge in [-0.05, 0) is 18.5 Å². The lowest BCUT2D eigenvalue weighted by molar-refractivity contribution is -0.0195. The van der Waals surface area contributed by atoms with Gasteiger partial charge < -0.3 is 10.1 Å². The molecule has 10 heteroatoms. The first kappa shape index (κ1) is 14.4. The molecule has 2 aliphatic rings. The molecule has 1 saturated carbocycles. The summed E-state index contributed by atoms with van der Waals surface area (Å²) in [5.74, 6) is -0.322. The Bertz CT molecular complexity index is 657. The van der Waals surface area contributed by atoms with E-state index in [-0.39, 0.29) is 23.8 Å². The van der Waals surface area contributed by atoms with E-state index in [4.69, 9.17) is 4.74 Å². The molecule has 2 heterocycles. The fourth-order valence-electron chi connectivity index (χ4n) is 2.95. The predicted octanol–water partition coefficient (Wildman–Crippen LogP) is -1.19. The van der Waals surface area contributed by atoms with Crippen molar-refractivity contribution in [3.05, 3.63) is 11.4 Å². The molecule has 2 N–H and O–H groups in total. The minimum atomic E-state index is -3.38. The van der Waals surface area contributed by atoms with Crippen LogP contribution < -0.4 is 10.0 Å². The maximum absolute atomic E-state index is 12.1. The van der Waals surface area contributed by atoms with Gasteiger partial charge in [0.2, 0.25) is 10.0 Å². The van der Waals surface area contributed by atoms with Gasteiger partial charge in [-0.2, -0.15) is 0 Å². The topological polar surface area (TPSA) is 123 Å². The third-order valence-electron chi connectivity index (χ3n) is 3.90. The lowest BCUT2D eigenvalue weighted by atomic mass is 9.72. The molecule has 0 unspecified atom stereocenters. The summed E-state index contributed by atoms with van der Waals surface area (Å²) >= 11 is 0. The number of carbonyl (C=O) groups excluding carboxylic acids is 1. The number of fused-ring (bicyclic) bond motifs is 1. The van der Waals surface area contributed by atoms with Crippen molar-refractivity contribution in [2.24, 2.45) is 5.92 Å². The molecule has 9 nitrogen and oxygen atoms in total. The van der Waals surface area contributed by atoms with Crippen LogP contribution in [0.5, 0.6) is 0 Å². The normalized spacial score (nSPS) is 31.5. The van der Waals surface area contributed by atoms with Crippen LogP contribution in [0.3, 0.4) is 0 Å². The van der Waals surface area contributed by atoms with Gasteiger partial charge >= 0.3 is 0 Å². The summed E-state index contributed by atoms with van der Waals surface area (Å²) in [6, 6.07) is -0.785. The Morgan fingerprint density at radius 2 is 2.10 bits per heavy atom. The Hall–Kier alpha value is -1.52. The molecule has 0 radical (unpaired) electrons. The second kappa shape index (κ2) is 5.04. The highest BCUT2D eigenvalue weighted by Crippen LogP contribution is 2.39. The van der Waals surface area contributed by atoms with Crippen molar-refractivity contribution in [2.45, 2.75) is 31.5 Å². The fraction of sp³-hybridized carbons (Fsp3) is 0.727. The molecule has 0 aromatic carbocycles. The number of nitrogens with zero attached hydrogens (tertiary/aromatic N) is 2. The second-order valence-electron chi connectivity index (χ2n) is 5.40. The number of sulfonamides is 1. The number of hydrogen-bond acceptors (Lipinski definition) is 7. The van der Waals surface area contributed by atoms with Crippen LogP contribution in [0, 0.1) is 12.8 Å². The number of amides is 1. The highest BCUT2D eigenvalue weighted by Gasteiger charge is 2.55. The minimum Gasteiger partial charge on any atom is -0.376 e. The second-order valence-corrected chi connectivity index (χ2v) is 7.18. The van der Waals surface area contributed by atoms with E-state index in [0.717, 1.165) is 12.7 Å². The van der Waals surface area contributed by atoms with E-state index in [9.17, 15) is 13.2 Å². The van der Waals surface area contributed by atoms with Gasteiger partial charge in [0.25, 0.3) is 5.91 Å². The van der Waals surface area contributed by atoms with E-state index < -0.39 is 22.0 Å². The van der Waals surface area contributed by atoms with Crippen molar-refractivity contribution in [3.63, 3.8) is 0 Å². The molecule has 4 atom stereocenters. The molecular formula is C11H16N4O5S. The first-order valence-electron chi connectivity index (χ1n) is 6.56. The standard InChI is InChI=1S/C11H16N4O5S/c1-5-7(14-20-13-5)11(16)12-8-6-3-4-19-10(6)9(8)15-21(2,17)18/h6,8-10,15H,3-4H2,1-2H3,(H,12,16)/t6-,8+,9-,10-/m1/s1. The SMILES string of the molecule is Cc1nonc1C(=O)N[C@H]1[C@H]2CCO[C@H]2[C@@H]1NS(C)(=O)=O. The Kier molecular flexibility index (Phi) is 3.46. The van der Waals surface area contributed by atoms with Gasteiger partial charge in [-0.1, -0.05) is 5.16 Å². The largest absolute Gasteiger partial charge is 0.376 e. The molecule has 116 valence electrons. The average molecular weight is 316 g/mol. The van der Waals surface area contributed by atoms with Gasteiger partial charge in [0.05, 0.1) is 24.4 Å². The van der Waals surface area contributed by atoms with Crippen LogP contribution in [0.2, 0.25) is 0 Å². The Morgan fingerprint density at radius 3 is 2.71 bits per heavy atom. The fourth-order valence-corrected chi connectivity index (χ4v) is 3.72. The van der Waals surface area contributed by atoms with Crippen LogP contribution in [0.4, 0.5) is 0 Å². The van der Waals surface area contributed by atoms with Crippen LogP contribution >= 0.6 is 0 Å². The van der Waals surface area contributed by atoms with Crippen molar-refractivity contribution in [1.82, 2.24) is 20.4 Å². The van der Waals surface area contributed by atoms with Crippen molar-refractivity contribution in [2.75, 3.05) is 12.9 Å². The van der Waals surface area contributed by atoms with Crippen LogP contribution in [0.1, 0.15) is 22.6 Å². The summed E-state index contributed by atoms with van der Waals surface area (Å²) in [4.78, 5) is 12.1. The molecule has 1 aliphatic carbocycles. The van der Waals surface area contributed by atoms with Gasteiger partial charge in [-0.15, -0.1) is 0 Å². The number of aromatic nitrogens is 2. The summed E-state index contributed by atoms with van der Waals surface area (Å²) < 4.78 is 35.4. The number of hydrogen-bond donors (Lipinski definition) is 2. The van der Waals surface area contributed by atoms with Gasteiger partial charge in [-0.3, -0.25) is 4.79 Å². The minimum absolute atomic E-state index is 0.105. The first-order valence-corrected chi connectivity index (χ1v) is 8.45. The Balaban J connectivity index is 1.74. The van der Waals surface area contributed by atoms with Crippen LogP contribution in [0.15, 0.2) is 4.63 Å². The maximum Gasteiger partial charge on any atom is 0.275 e. The smallest absolute Gasteiger partial charge is 0.275 e. The van der Waals surface area contributed by atoms with Gasteiger partial charge in [0, 0.05) is 12.5 Å². The van der Waals surface area contributed by atoms with Crippen molar-refractivity contribution < 1.29 is 22.6 Å². The highest BCUT2D eigenvalue weighted by molar-refractivity contribution is 7.88. The summed E-state index contributed by atoms with van der Waals surface area (Å²) in [6.07, 6.45) is 1.68. The molecule has 21 heavy (non-hydrogen) atoms. The molecule has 3 rings (SSSR count). The van der Waals surface area contributed by atoms with E-state index in [1.54, 1.807) is 6.92 Å². The van der Waals surface area contributed by atoms with Crippen molar-refractivity contribution in [1.29, 1.82) is 0 Å². The molecule has 1 amide bonds. The lowest BCUT2D eigenvalue weighted by Gasteiger charge is -2.47. The molecule has 0 spiro atoms. The van der Waals surface area contributed by atoms with Crippen LogP contribution in [0.25, 0.3) is 0 Å². The van der Waals surface area contributed by atoms with Crippen LogP contribution in [-0.2, 0) is 14.8 Å². The third-order valence-corrected chi connectivity index (χ3v) is 4.60. The zero-order valence-corrected chi connectivity index (χ0v) is 12.4. The van der Waals surface area contributed by atoms with E-state index in [0.29, 0.717) is 12.3 Å². The monoisotopic (exact) mass is 316 g/mol. The highest BCUT2D eigenvalue weighted by atomic mass is 32.2. The molecule has 1 saturated heterocycles. The van der Waals surface area contributed by atoms with E-state index in [1.807, 2.05) is 0 Å². The van der Waals surface area contributed by atoms with Crippen molar-refractivity contribution >= 4 is 15.9 Å². The number of nitrogens with one attached hydrogen (secondary N) is 2. The Labute approximate surface area is 121 Å². The van der Waals surface area contributed by atoms with Crippen molar-refractivity contribution in [3.8, 4) is 0 Å². The summed E-state index contributed by atoms with van der Waals surface area (Å²) in [5.41, 5.74) is 0.495. The summed E-state index contributed by atoms with van der Waals surface area (Å²) in [7, 11) is -3.38. The zero-order valence-electron chi connectivity index (χ0n) is 11.6. The number of rotatable bonds is 4. The predicted molar refractivity (Wildman–Crippen MR) is 69.9 cm³/mol.